The molecule has 0 heterocycles. The molecule has 3 N–H and O–H groups in total. The predicted octanol–water partition coefficient (Wildman–Crippen LogP) is 5.29. The van der Waals surface area contributed by atoms with Gasteiger partial charge in [-0.15, -0.1) is 0 Å². The molecule has 0 radical (unpaired) electrons. The number of carbonyl (C=O) groups is 3. The lowest BCUT2D eigenvalue weighted by Gasteiger charge is -2.24. The molecule has 41 heavy (non-hydrogen) atoms. The summed E-state index contributed by atoms with van der Waals surface area (Å²) in [6.07, 6.45) is 0.407. The van der Waals surface area contributed by atoms with Gasteiger partial charge in [0, 0.05) is 24.2 Å². The van der Waals surface area contributed by atoms with Crippen molar-refractivity contribution in [2.24, 2.45) is 0 Å². The van der Waals surface area contributed by atoms with Crippen LogP contribution in [0.1, 0.15) is 49.9 Å². The fourth-order valence-electron chi connectivity index (χ4n) is 4.84. The first-order valence-electron chi connectivity index (χ1n) is 13.6. The smallest absolute Gasteiger partial charge is 0.305 e. The number of nitrogens with one attached hydrogen (secondary N) is 1. The number of aliphatic hydroxyl groups excluding tert-OH is 1. The molecule has 0 aliphatic carbocycles. The van der Waals surface area contributed by atoms with Crippen molar-refractivity contribution in [3.8, 4) is 11.1 Å². The molecule has 4 aromatic carbocycles. The minimum absolute atomic E-state index is 0.0613. The van der Waals surface area contributed by atoms with Gasteiger partial charge in [0.25, 0.3) is 11.8 Å². The number of carboxylic acids is 1. The van der Waals surface area contributed by atoms with Crippen molar-refractivity contribution in [2.75, 3.05) is 19.7 Å². The summed E-state index contributed by atoms with van der Waals surface area (Å²) in [7, 11) is 0. The van der Waals surface area contributed by atoms with Crippen LogP contribution in [0.15, 0.2) is 103 Å². The Morgan fingerprint density at radius 3 is 2.00 bits per heavy atom. The van der Waals surface area contributed by atoms with Crippen LogP contribution in [0.2, 0.25) is 0 Å². The van der Waals surface area contributed by atoms with Gasteiger partial charge in [-0.2, -0.15) is 0 Å². The average molecular weight is 551 g/mol. The van der Waals surface area contributed by atoms with Gasteiger partial charge >= 0.3 is 5.97 Å². The first-order chi connectivity index (χ1) is 19.9. The minimum Gasteiger partial charge on any atom is -0.481 e. The van der Waals surface area contributed by atoms with Gasteiger partial charge in [-0.1, -0.05) is 91.0 Å². The topological polar surface area (TPSA) is 107 Å². The normalized spacial score (nSPS) is 11.5. The van der Waals surface area contributed by atoms with Gasteiger partial charge < -0.3 is 20.4 Å². The molecule has 0 saturated heterocycles. The number of amides is 2. The van der Waals surface area contributed by atoms with Gasteiger partial charge in [-0.25, -0.2) is 0 Å². The highest BCUT2D eigenvalue weighted by atomic mass is 16.4. The third-order valence-electron chi connectivity index (χ3n) is 7.10. The lowest BCUT2D eigenvalue weighted by molar-refractivity contribution is -0.137. The lowest BCUT2D eigenvalue weighted by Crippen LogP contribution is -2.35. The second-order valence-corrected chi connectivity index (χ2v) is 9.82. The Morgan fingerprint density at radius 2 is 1.34 bits per heavy atom. The number of carboxylic acid groups (broad SMARTS) is 1. The number of aliphatic hydroxyl groups is 1. The Bertz CT molecular complexity index is 1500. The summed E-state index contributed by atoms with van der Waals surface area (Å²) in [5.74, 6) is -1.66. The van der Waals surface area contributed by atoms with Crippen LogP contribution in [0, 0.1) is 6.92 Å². The van der Waals surface area contributed by atoms with Crippen LogP contribution in [0.5, 0.6) is 0 Å². The Kier molecular flexibility index (Phi) is 10.0. The maximum atomic E-state index is 13.9. The molecule has 210 valence electrons. The highest BCUT2D eigenvalue weighted by Crippen LogP contribution is 2.29. The van der Waals surface area contributed by atoms with E-state index in [9.17, 15) is 24.6 Å². The highest BCUT2D eigenvalue weighted by Gasteiger charge is 2.24. The first kappa shape index (κ1) is 29.2. The molecule has 1 unspecified atom stereocenters. The molecular formula is C34H34N2O5. The lowest BCUT2D eigenvalue weighted by atomic mass is 9.93. The number of nitrogens with zero attached hydrogens (tertiary/aromatic N) is 1. The largest absolute Gasteiger partial charge is 0.481 e. The molecule has 7 heteroatoms. The third kappa shape index (κ3) is 7.47. The number of rotatable bonds is 12. The summed E-state index contributed by atoms with van der Waals surface area (Å²) >= 11 is 0. The molecule has 1 atom stereocenters. The van der Waals surface area contributed by atoms with E-state index in [1.165, 1.54) is 0 Å². The van der Waals surface area contributed by atoms with Crippen LogP contribution in [-0.2, 0) is 11.2 Å². The SMILES string of the molecule is Cc1ccccc1CCN(CCC(=O)O)C(=O)c1ccccc1-c1ccccc1C(=O)NC(CO)c1ccccc1. The van der Waals surface area contributed by atoms with E-state index in [1.54, 1.807) is 53.4 Å². The van der Waals surface area contributed by atoms with Crippen LogP contribution in [0.25, 0.3) is 11.1 Å². The standard InChI is InChI=1S/C34H34N2O5/c1-24-11-5-6-12-25(24)19-21-36(22-20-32(38)39)34(41)30-18-10-8-16-28(30)27-15-7-9-17-29(27)33(40)35-31(23-37)26-13-3-2-4-14-26/h2-18,31,37H,19-23H2,1H3,(H,35,40)(H,38,39). The van der Waals surface area contributed by atoms with E-state index >= 15 is 0 Å². The van der Waals surface area contributed by atoms with Gasteiger partial charge in [-0.05, 0) is 53.3 Å². The molecule has 0 aliphatic heterocycles. The zero-order valence-corrected chi connectivity index (χ0v) is 23.0. The number of hydrogen-bond donors (Lipinski definition) is 3. The van der Waals surface area contributed by atoms with E-state index in [2.05, 4.69) is 5.32 Å². The Balaban J connectivity index is 1.64. The molecule has 0 spiro atoms. The Labute approximate surface area is 240 Å². The van der Waals surface area contributed by atoms with Crippen LogP contribution in [0.4, 0.5) is 0 Å². The quantitative estimate of drug-likeness (QED) is 0.222. The minimum atomic E-state index is -0.981. The van der Waals surface area contributed by atoms with E-state index in [-0.39, 0.29) is 31.4 Å². The van der Waals surface area contributed by atoms with Gasteiger partial charge in [0.2, 0.25) is 0 Å². The zero-order chi connectivity index (χ0) is 29.2. The van der Waals surface area contributed by atoms with Gasteiger partial charge in [0.15, 0.2) is 0 Å². The highest BCUT2D eigenvalue weighted by molar-refractivity contribution is 6.06. The van der Waals surface area contributed by atoms with Gasteiger partial charge in [0.05, 0.1) is 19.1 Å². The molecule has 2 amide bonds. The monoisotopic (exact) mass is 550 g/mol. The van der Waals surface area contributed by atoms with Crippen LogP contribution in [-0.4, -0.2) is 52.6 Å². The molecule has 0 aromatic heterocycles. The Hall–Kier alpha value is -4.75. The van der Waals surface area contributed by atoms with Crippen molar-refractivity contribution in [2.45, 2.75) is 25.8 Å². The van der Waals surface area contributed by atoms with E-state index < -0.39 is 12.0 Å². The van der Waals surface area contributed by atoms with E-state index in [0.29, 0.717) is 35.2 Å². The molecular weight excluding hydrogens is 516 g/mol. The number of benzene rings is 4. The van der Waals surface area contributed by atoms with Crippen LogP contribution in [0.3, 0.4) is 0 Å². The molecule has 0 bridgehead atoms. The summed E-state index contributed by atoms with van der Waals surface area (Å²) in [6.45, 7) is 2.15. The van der Waals surface area contributed by atoms with E-state index in [0.717, 1.165) is 16.7 Å². The fraction of sp³-hybridized carbons (Fsp3) is 0.206. The average Bonchev–Trinajstić information content (AvgIpc) is 3.00. The van der Waals surface area contributed by atoms with Crippen molar-refractivity contribution < 1.29 is 24.6 Å². The number of carbonyl (C=O) groups excluding carboxylic acids is 2. The van der Waals surface area contributed by atoms with Crippen LogP contribution < -0.4 is 5.32 Å². The second kappa shape index (κ2) is 14.1. The summed E-state index contributed by atoms with van der Waals surface area (Å²) in [5.41, 5.74) is 4.85. The summed E-state index contributed by atoms with van der Waals surface area (Å²) in [5, 5.41) is 22.2. The zero-order valence-electron chi connectivity index (χ0n) is 23.0. The maximum Gasteiger partial charge on any atom is 0.305 e. The Morgan fingerprint density at radius 1 is 0.756 bits per heavy atom. The number of aryl methyl sites for hydroxylation is 1. The maximum absolute atomic E-state index is 13.9. The number of hydrogen-bond acceptors (Lipinski definition) is 4. The van der Waals surface area contributed by atoms with Crippen LogP contribution >= 0.6 is 0 Å². The third-order valence-corrected chi connectivity index (χ3v) is 7.10. The summed E-state index contributed by atoms with van der Waals surface area (Å²) in [4.78, 5) is 40.4. The molecule has 0 fully saturated rings. The van der Waals surface area contributed by atoms with Gasteiger partial charge in [0.1, 0.15) is 0 Å². The first-order valence-corrected chi connectivity index (χ1v) is 13.6. The molecule has 0 aliphatic rings. The van der Waals surface area contributed by atoms with Crippen molar-refractivity contribution >= 4 is 17.8 Å². The van der Waals surface area contributed by atoms with Crippen molar-refractivity contribution in [3.63, 3.8) is 0 Å². The second-order valence-electron chi connectivity index (χ2n) is 9.82. The van der Waals surface area contributed by atoms with E-state index in [4.69, 9.17) is 0 Å². The van der Waals surface area contributed by atoms with Gasteiger partial charge in [-0.3, -0.25) is 14.4 Å². The number of aliphatic carboxylic acids is 1. The molecule has 4 aromatic rings. The van der Waals surface area contributed by atoms with Crippen molar-refractivity contribution in [1.82, 2.24) is 10.2 Å². The summed E-state index contributed by atoms with van der Waals surface area (Å²) < 4.78 is 0. The molecule has 4 rings (SSSR count). The molecule has 0 saturated carbocycles. The van der Waals surface area contributed by atoms with Crippen molar-refractivity contribution in [1.29, 1.82) is 0 Å². The van der Waals surface area contributed by atoms with Crippen molar-refractivity contribution in [3.05, 3.63) is 131 Å². The molecule has 7 nitrogen and oxygen atoms in total. The van der Waals surface area contributed by atoms with E-state index in [1.807, 2.05) is 61.5 Å². The predicted molar refractivity (Wildman–Crippen MR) is 159 cm³/mol. The fourth-order valence-corrected chi connectivity index (χ4v) is 4.84. The summed E-state index contributed by atoms with van der Waals surface area (Å²) in [6, 6.07) is 30.6.